The number of anilines is 1. The van der Waals surface area contributed by atoms with Gasteiger partial charge in [0.1, 0.15) is 0 Å². The van der Waals surface area contributed by atoms with Crippen LogP contribution in [0.25, 0.3) is 0 Å². The maximum absolute atomic E-state index is 12.9. The van der Waals surface area contributed by atoms with Crippen molar-refractivity contribution in [1.82, 2.24) is 10.3 Å². The second-order valence-corrected chi connectivity index (χ2v) is 7.18. The van der Waals surface area contributed by atoms with Crippen LogP contribution in [0.2, 0.25) is 0 Å². The zero-order chi connectivity index (χ0) is 20.9. The summed E-state index contributed by atoms with van der Waals surface area (Å²) in [5.41, 5.74) is 2.15. The molecule has 0 spiro atoms. The number of amides is 1. The van der Waals surface area contributed by atoms with Gasteiger partial charge in [0.15, 0.2) is 0 Å². The van der Waals surface area contributed by atoms with Crippen molar-refractivity contribution >= 4 is 23.5 Å². The van der Waals surface area contributed by atoms with Crippen LogP contribution in [0.1, 0.15) is 27.0 Å². The van der Waals surface area contributed by atoms with Gasteiger partial charge in [0.25, 0.3) is 5.91 Å². The molecule has 0 aliphatic rings. The zero-order valence-corrected chi connectivity index (χ0v) is 16.3. The van der Waals surface area contributed by atoms with E-state index in [-0.39, 0.29) is 5.91 Å². The number of aromatic nitrogens is 1. The molecule has 0 aliphatic heterocycles. The number of hydrogen-bond acceptors (Lipinski definition) is 4. The first-order chi connectivity index (χ1) is 13.8. The molecule has 0 saturated heterocycles. The Kier molecular flexibility index (Phi) is 6.43. The number of alkyl halides is 3. The van der Waals surface area contributed by atoms with Crippen LogP contribution in [0.15, 0.2) is 71.9 Å². The minimum Gasteiger partial charge on any atom is -0.348 e. The van der Waals surface area contributed by atoms with Crippen LogP contribution in [0.4, 0.5) is 18.9 Å². The van der Waals surface area contributed by atoms with Crippen LogP contribution in [-0.2, 0) is 12.7 Å². The summed E-state index contributed by atoms with van der Waals surface area (Å²) >= 11 is 1.06. The lowest BCUT2D eigenvalue weighted by molar-refractivity contribution is -0.137. The third kappa shape index (κ3) is 5.74. The predicted molar refractivity (Wildman–Crippen MR) is 108 cm³/mol. The third-order valence-corrected chi connectivity index (χ3v) is 4.93. The van der Waals surface area contributed by atoms with E-state index in [1.54, 1.807) is 42.7 Å². The van der Waals surface area contributed by atoms with Crippen molar-refractivity contribution in [3.63, 3.8) is 0 Å². The zero-order valence-electron chi connectivity index (χ0n) is 15.5. The lowest BCUT2D eigenvalue weighted by atomic mass is 10.1. The molecule has 0 bridgehead atoms. The first kappa shape index (κ1) is 20.7. The van der Waals surface area contributed by atoms with Gasteiger partial charge < -0.3 is 10.0 Å². The SMILES string of the molecule is Cc1ccc(C(=O)NCc2cccnc2)cc1NSc1cccc(C(F)(F)F)c1. The van der Waals surface area contributed by atoms with Crippen molar-refractivity contribution < 1.29 is 18.0 Å². The van der Waals surface area contributed by atoms with Gasteiger partial charge in [0, 0.05) is 35.1 Å². The van der Waals surface area contributed by atoms with Crippen LogP contribution >= 0.6 is 11.9 Å². The second kappa shape index (κ2) is 9.00. The maximum atomic E-state index is 12.9. The molecule has 2 aromatic carbocycles. The number of aryl methyl sites for hydroxylation is 1. The summed E-state index contributed by atoms with van der Waals surface area (Å²) in [7, 11) is 0. The predicted octanol–water partition coefficient (Wildman–Crippen LogP) is 5.46. The summed E-state index contributed by atoms with van der Waals surface area (Å²) in [6, 6.07) is 13.9. The van der Waals surface area contributed by atoms with Gasteiger partial charge in [-0.2, -0.15) is 13.2 Å². The molecule has 0 unspecified atom stereocenters. The molecule has 8 heteroatoms. The average molecular weight is 417 g/mol. The topological polar surface area (TPSA) is 54.0 Å². The standard InChI is InChI=1S/C21H18F3N3OS/c1-14-7-8-16(20(28)26-13-15-4-3-9-25-12-15)10-19(14)27-29-18-6-2-5-17(11-18)21(22,23)24/h2-12,27H,13H2,1H3,(H,26,28). The molecule has 0 aliphatic carbocycles. The van der Waals surface area contributed by atoms with E-state index >= 15 is 0 Å². The summed E-state index contributed by atoms with van der Waals surface area (Å²) in [5, 5.41) is 2.82. The number of carbonyl (C=O) groups excluding carboxylic acids is 1. The molecule has 0 fully saturated rings. The van der Waals surface area contributed by atoms with E-state index < -0.39 is 11.7 Å². The van der Waals surface area contributed by atoms with Gasteiger partial charge in [-0.3, -0.25) is 9.78 Å². The molecule has 0 saturated carbocycles. The van der Waals surface area contributed by atoms with Crippen LogP contribution in [0, 0.1) is 6.92 Å². The van der Waals surface area contributed by atoms with Crippen molar-refractivity contribution in [2.45, 2.75) is 24.5 Å². The summed E-state index contributed by atoms with van der Waals surface area (Å²) in [6.45, 7) is 2.20. The highest BCUT2D eigenvalue weighted by atomic mass is 32.2. The monoisotopic (exact) mass is 417 g/mol. The fourth-order valence-corrected chi connectivity index (χ4v) is 3.29. The average Bonchev–Trinajstić information content (AvgIpc) is 2.72. The van der Waals surface area contributed by atoms with Crippen molar-refractivity contribution in [3.8, 4) is 0 Å². The molecular weight excluding hydrogens is 399 g/mol. The molecule has 4 nitrogen and oxygen atoms in total. The Morgan fingerprint density at radius 2 is 1.93 bits per heavy atom. The smallest absolute Gasteiger partial charge is 0.348 e. The first-order valence-electron chi connectivity index (χ1n) is 8.71. The van der Waals surface area contributed by atoms with E-state index in [9.17, 15) is 18.0 Å². The van der Waals surface area contributed by atoms with Gasteiger partial charge in [0.05, 0.1) is 5.56 Å². The van der Waals surface area contributed by atoms with Gasteiger partial charge in [-0.05, 0) is 66.4 Å². The van der Waals surface area contributed by atoms with Crippen LogP contribution in [-0.4, -0.2) is 10.9 Å². The Balaban J connectivity index is 1.67. The molecular formula is C21H18F3N3OS. The van der Waals surface area contributed by atoms with E-state index in [0.717, 1.165) is 35.2 Å². The highest BCUT2D eigenvalue weighted by molar-refractivity contribution is 8.00. The maximum Gasteiger partial charge on any atom is 0.416 e. The molecule has 1 amide bonds. The lowest BCUT2D eigenvalue weighted by Crippen LogP contribution is -2.22. The summed E-state index contributed by atoms with van der Waals surface area (Å²) in [4.78, 5) is 16.8. The number of halogens is 3. The number of carbonyl (C=O) groups is 1. The minimum atomic E-state index is -4.39. The summed E-state index contributed by atoms with van der Waals surface area (Å²) in [6.07, 6.45) is -1.06. The number of hydrogen-bond donors (Lipinski definition) is 2. The lowest BCUT2D eigenvalue weighted by Gasteiger charge is -2.12. The molecule has 1 aromatic heterocycles. The highest BCUT2D eigenvalue weighted by Gasteiger charge is 2.30. The van der Waals surface area contributed by atoms with E-state index in [4.69, 9.17) is 0 Å². The Hall–Kier alpha value is -3.00. The van der Waals surface area contributed by atoms with Gasteiger partial charge >= 0.3 is 6.18 Å². The van der Waals surface area contributed by atoms with Crippen LogP contribution < -0.4 is 10.0 Å². The molecule has 150 valence electrons. The Bertz CT molecular complexity index is 994. The second-order valence-electron chi connectivity index (χ2n) is 6.30. The fraction of sp³-hybridized carbons (Fsp3) is 0.143. The van der Waals surface area contributed by atoms with Crippen molar-refractivity contribution in [2.24, 2.45) is 0 Å². The highest BCUT2D eigenvalue weighted by Crippen LogP contribution is 2.32. The van der Waals surface area contributed by atoms with E-state index in [2.05, 4.69) is 15.0 Å². The number of pyridine rings is 1. The summed E-state index contributed by atoms with van der Waals surface area (Å²) < 4.78 is 41.6. The molecule has 0 atom stereocenters. The summed E-state index contributed by atoms with van der Waals surface area (Å²) in [5.74, 6) is -0.249. The first-order valence-corrected chi connectivity index (χ1v) is 9.52. The van der Waals surface area contributed by atoms with Gasteiger partial charge in [-0.1, -0.05) is 18.2 Å². The van der Waals surface area contributed by atoms with Crippen LogP contribution in [0.5, 0.6) is 0 Å². The van der Waals surface area contributed by atoms with Gasteiger partial charge in [0.2, 0.25) is 0 Å². The Morgan fingerprint density at radius 3 is 2.66 bits per heavy atom. The third-order valence-electron chi connectivity index (χ3n) is 4.12. The fourth-order valence-electron chi connectivity index (χ4n) is 2.51. The molecule has 3 rings (SSSR count). The van der Waals surface area contributed by atoms with Gasteiger partial charge in [-0.15, -0.1) is 0 Å². The van der Waals surface area contributed by atoms with E-state index in [0.29, 0.717) is 22.7 Å². The number of nitrogens with zero attached hydrogens (tertiary/aromatic N) is 1. The van der Waals surface area contributed by atoms with Crippen molar-refractivity contribution in [3.05, 3.63) is 89.2 Å². The molecule has 29 heavy (non-hydrogen) atoms. The Morgan fingerprint density at radius 1 is 1.10 bits per heavy atom. The van der Waals surface area contributed by atoms with E-state index in [1.807, 2.05) is 13.0 Å². The quantitative estimate of drug-likeness (QED) is 0.523. The number of rotatable bonds is 6. The number of nitrogens with one attached hydrogen (secondary N) is 2. The van der Waals surface area contributed by atoms with Gasteiger partial charge in [-0.25, -0.2) is 0 Å². The molecule has 2 N–H and O–H groups in total. The largest absolute Gasteiger partial charge is 0.416 e. The van der Waals surface area contributed by atoms with Crippen molar-refractivity contribution in [1.29, 1.82) is 0 Å². The minimum absolute atomic E-state index is 0.249. The normalized spacial score (nSPS) is 11.2. The van der Waals surface area contributed by atoms with Crippen molar-refractivity contribution in [2.75, 3.05) is 4.72 Å². The number of benzene rings is 2. The molecule has 1 heterocycles. The van der Waals surface area contributed by atoms with Crippen LogP contribution in [0.3, 0.4) is 0 Å². The Labute approximate surface area is 170 Å². The molecule has 3 aromatic rings. The van der Waals surface area contributed by atoms with E-state index in [1.165, 1.54) is 6.07 Å². The molecule has 0 radical (unpaired) electrons.